The summed E-state index contributed by atoms with van der Waals surface area (Å²) in [6.45, 7) is 1.80. The highest BCUT2D eigenvalue weighted by Gasteiger charge is 2.09. The van der Waals surface area contributed by atoms with Crippen LogP contribution >= 0.6 is 11.6 Å². The summed E-state index contributed by atoms with van der Waals surface area (Å²) in [4.78, 5) is 12.0. The Hall–Kier alpha value is -1.32. The molecule has 0 spiro atoms. The third kappa shape index (κ3) is 1.72. The number of nitrogens with zero attached hydrogens (tertiary/aromatic N) is 1. The minimum Gasteiger partial charge on any atom is -0.324 e. The molecule has 4 heteroatoms. The Balaban J connectivity index is 2.89. The number of benzene rings is 1. The molecule has 2 N–H and O–H groups in total. The first-order chi connectivity index (χ1) is 7.50. The Kier molecular flexibility index (Phi) is 2.74. The van der Waals surface area contributed by atoms with Gasteiger partial charge in [0.15, 0.2) is 0 Å². The largest absolute Gasteiger partial charge is 0.324 e. The summed E-state index contributed by atoms with van der Waals surface area (Å²) in [6, 6.07) is 6.98. The van der Waals surface area contributed by atoms with Gasteiger partial charge in [0.05, 0.1) is 5.52 Å². The molecule has 0 radical (unpaired) electrons. The highest BCUT2D eigenvalue weighted by atomic mass is 35.5. The smallest absolute Gasteiger partial charge is 0.255 e. The summed E-state index contributed by atoms with van der Waals surface area (Å²) in [7, 11) is 1.74. The molecule has 84 valence electrons. The monoisotopic (exact) mass is 236 g/mol. The molecular formula is C12H13ClN2O. The highest BCUT2D eigenvalue weighted by molar-refractivity contribution is 6.31. The van der Waals surface area contributed by atoms with E-state index in [1.165, 1.54) is 0 Å². The van der Waals surface area contributed by atoms with Gasteiger partial charge < -0.3 is 10.3 Å². The maximum absolute atomic E-state index is 12.0. The number of pyridine rings is 1. The molecule has 0 saturated heterocycles. The van der Waals surface area contributed by atoms with Crippen molar-refractivity contribution in [1.82, 2.24) is 4.57 Å². The van der Waals surface area contributed by atoms with Crippen LogP contribution in [0.15, 0.2) is 29.1 Å². The number of nitrogens with two attached hydrogens (primary N) is 1. The molecule has 3 nitrogen and oxygen atoms in total. The van der Waals surface area contributed by atoms with Gasteiger partial charge in [-0.15, -0.1) is 0 Å². The van der Waals surface area contributed by atoms with Crippen LogP contribution in [0.2, 0.25) is 5.02 Å². The van der Waals surface area contributed by atoms with E-state index >= 15 is 0 Å². The fraction of sp³-hybridized carbons (Fsp3) is 0.250. The normalized spacial score (nSPS) is 13.0. The Labute approximate surface area is 98.4 Å². The lowest BCUT2D eigenvalue weighted by molar-refractivity contribution is 0.772. The molecule has 1 unspecified atom stereocenters. The van der Waals surface area contributed by atoms with Gasteiger partial charge in [-0.2, -0.15) is 0 Å². The number of fused-ring (bicyclic) bond motifs is 1. The average molecular weight is 237 g/mol. The predicted molar refractivity (Wildman–Crippen MR) is 66.8 cm³/mol. The van der Waals surface area contributed by atoms with Gasteiger partial charge in [0.1, 0.15) is 0 Å². The highest BCUT2D eigenvalue weighted by Crippen LogP contribution is 2.19. The van der Waals surface area contributed by atoms with Gasteiger partial charge in [-0.25, -0.2) is 0 Å². The van der Waals surface area contributed by atoms with Crippen molar-refractivity contribution in [3.8, 4) is 0 Å². The molecular weight excluding hydrogens is 224 g/mol. The van der Waals surface area contributed by atoms with Crippen molar-refractivity contribution in [3.63, 3.8) is 0 Å². The Morgan fingerprint density at radius 3 is 2.69 bits per heavy atom. The predicted octanol–water partition coefficient (Wildman–Crippen LogP) is 2.21. The summed E-state index contributed by atoms with van der Waals surface area (Å²) in [6.07, 6.45) is 0. The number of rotatable bonds is 1. The van der Waals surface area contributed by atoms with Gasteiger partial charge in [0.25, 0.3) is 5.56 Å². The zero-order valence-electron chi connectivity index (χ0n) is 9.20. The molecule has 0 amide bonds. The van der Waals surface area contributed by atoms with Gasteiger partial charge in [0, 0.05) is 29.1 Å². The van der Waals surface area contributed by atoms with Crippen molar-refractivity contribution in [2.75, 3.05) is 0 Å². The number of aromatic nitrogens is 1. The van der Waals surface area contributed by atoms with Gasteiger partial charge in [-0.3, -0.25) is 4.79 Å². The minimum absolute atomic E-state index is 0.0511. The van der Waals surface area contributed by atoms with E-state index < -0.39 is 0 Å². The molecule has 2 aromatic rings. The van der Waals surface area contributed by atoms with Crippen molar-refractivity contribution in [1.29, 1.82) is 0 Å². The number of hydrogen-bond donors (Lipinski definition) is 1. The van der Waals surface area contributed by atoms with Crippen molar-refractivity contribution < 1.29 is 0 Å². The molecule has 1 aromatic heterocycles. The molecule has 1 heterocycles. The number of aryl methyl sites for hydroxylation is 1. The molecule has 0 aliphatic carbocycles. The first-order valence-electron chi connectivity index (χ1n) is 5.05. The topological polar surface area (TPSA) is 48.0 Å². The minimum atomic E-state index is -0.276. The summed E-state index contributed by atoms with van der Waals surface area (Å²) in [5.41, 5.74) is 7.18. The lowest BCUT2D eigenvalue weighted by atomic mass is 10.1. The van der Waals surface area contributed by atoms with Crippen LogP contribution in [-0.4, -0.2) is 4.57 Å². The SMILES string of the molecule is CC(N)c1cc2cc(Cl)ccc2n(C)c1=O. The van der Waals surface area contributed by atoms with E-state index in [1.54, 1.807) is 24.6 Å². The van der Waals surface area contributed by atoms with Crippen LogP contribution in [0.4, 0.5) is 0 Å². The van der Waals surface area contributed by atoms with E-state index in [0.717, 1.165) is 10.9 Å². The fourth-order valence-corrected chi connectivity index (χ4v) is 1.99. The van der Waals surface area contributed by atoms with Crippen LogP contribution in [0.3, 0.4) is 0 Å². The Morgan fingerprint density at radius 2 is 2.06 bits per heavy atom. The maximum Gasteiger partial charge on any atom is 0.255 e. The standard InChI is InChI=1S/C12H13ClN2O/c1-7(14)10-6-8-5-9(13)3-4-11(8)15(2)12(10)16/h3-7H,14H2,1-2H3. The molecule has 2 rings (SSSR count). The van der Waals surface area contributed by atoms with Crippen LogP contribution in [-0.2, 0) is 7.05 Å². The summed E-state index contributed by atoms with van der Waals surface area (Å²) >= 11 is 5.92. The van der Waals surface area contributed by atoms with E-state index in [1.807, 2.05) is 18.2 Å². The van der Waals surface area contributed by atoms with Crippen LogP contribution in [0, 0.1) is 0 Å². The average Bonchev–Trinajstić information content (AvgIpc) is 2.22. The summed E-state index contributed by atoms with van der Waals surface area (Å²) in [5.74, 6) is 0. The van der Waals surface area contributed by atoms with Crippen LogP contribution in [0.25, 0.3) is 10.9 Å². The van der Waals surface area contributed by atoms with Crippen LogP contribution in [0.5, 0.6) is 0 Å². The molecule has 1 atom stereocenters. The van der Waals surface area contributed by atoms with Crippen molar-refractivity contribution in [2.24, 2.45) is 12.8 Å². The maximum atomic E-state index is 12.0. The van der Waals surface area contributed by atoms with E-state index in [0.29, 0.717) is 10.6 Å². The molecule has 1 aromatic carbocycles. The van der Waals surface area contributed by atoms with Crippen LogP contribution in [0.1, 0.15) is 18.5 Å². The van der Waals surface area contributed by atoms with E-state index in [4.69, 9.17) is 17.3 Å². The third-order valence-corrected chi connectivity index (χ3v) is 2.94. The van der Waals surface area contributed by atoms with E-state index in [-0.39, 0.29) is 11.6 Å². The fourth-order valence-electron chi connectivity index (χ4n) is 1.80. The Bertz CT molecular complexity index is 602. The summed E-state index contributed by atoms with van der Waals surface area (Å²) in [5, 5.41) is 1.59. The zero-order chi connectivity index (χ0) is 11.9. The first-order valence-corrected chi connectivity index (χ1v) is 5.43. The molecule has 0 fully saturated rings. The lowest BCUT2D eigenvalue weighted by Gasteiger charge is -2.11. The second-order valence-corrected chi connectivity index (χ2v) is 4.39. The van der Waals surface area contributed by atoms with Crippen LogP contribution < -0.4 is 11.3 Å². The van der Waals surface area contributed by atoms with E-state index in [2.05, 4.69) is 0 Å². The van der Waals surface area contributed by atoms with Crippen molar-refractivity contribution in [2.45, 2.75) is 13.0 Å². The second-order valence-electron chi connectivity index (χ2n) is 3.96. The van der Waals surface area contributed by atoms with E-state index in [9.17, 15) is 4.79 Å². The van der Waals surface area contributed by atoms with Crippen molar-refractivity contribution >= 4 is 22.5 Å². The summed E-state index contributed by atoms with van der Waals surface area (Å²) < 4.78 is 1.60. The van der Waals surface area contributed by atoms with Gasteiger partial charge in [-0.1, -0.05) is 11.6 Å². The number of halogens is 1. The quantitative estimate of drug-likeness (QED) is 0.825. The zero-order valence-corrected chi connectivity index (χ0v) is 9.95. The first kappa shape index (κ1) is 11.2. The van der Waals surface area contributed by atoms with Gasteiger partial charge >= 0.3 is 0 Å². The van der Waals surface area contributed by atoms with Crippen molar-refractivity contribution in [3.05, 3.63) is 45.2 Å². The van der Waals surface area contributed by atoms with Gasteiger partial charge in [-0.05, 0) is 31.2 Å². The number of hydrogen-bond acceptors (Lipinski definition) is 2. The lowest BCUT2D eigenvalue weighted by Crippen LogP contribution is -2.25. The molecule has 0 bridgehead atoms. The molecule has 0 aliphatic rings. The molecule has 0 aliphatic heterocycles. The third-order valence-electron chi connectivity index (χ3n) is 2.70. The molecule has 0 saturated carbocycles. The van der Waals surface area contributed by atoms with Gasteiger partial charge in [0.2, 0.25) is 0 Å². The molecule has 16 heavy (non-hydrogen) atoms. The second kappa shape index (κ2) is 3.92. The Morgan fingerprint density at radius 1 is 1.38 bits per heavy atom.